The Kier molecular flexibility index (Phi) is 6.39. The Bertz CT molecular complexity index is 1320. The first-order valence-corrected chi connectivity index (χ1v) is 11.3. The van der Waals surface area contributed by atoms with Crippen molar-refractivity contribution in [2.75, 3.05) is 7.11 Å². The number of rotatable bonds is 5. The maximum atomic E-state index is 9.91. The van der Waals surface area contributed by atoms with Crippen LogP contribution in [0.4, 0.5) is 0 Å². The monoisotopic (exact) mass is 498 g/mol. The van der Waals surface area contributed by atoms with Crippen LogP contribution in [-0.4, -0.2) is 17.3 Å². The van der Waals surface area contributed by atoms with Crippen molar-refractivity contribution in [1.82, 2.24) is 10.2 Å². The molecule has 1 atom stereocenters. The van der Waals surface area contributed by atoms with Crippen LogP contribution in [-0.2, 0) is 12.0 Å². The normalized spacial score (nSPS) is 15.4. The van der Waals surface area contributed by atoms with Crippen molar-refractivity contribution in [2.45, 2.75) is 38.7 Å². The number of aromatic nitrogens is 2. The molecule has 0 radical (unpaired) electrons. The zero-order valence-corrected chi connectivity index (χ0v) is 20.7. The zero-order valence-electron chi connectivity index (χ0n) is 19.2. The number of hydrogen-bond donors (Lipinski definition) is 2. The quantitative estimate of drug-likeness (QED) is 0.458. The molecule has 176 valence electrons. The number of H-pyrrole nitrogens is 1. The van der Waals surface area contributed by atoms with E-state index in [9.17, 15) is 5.26 Å². The topological polar surface area (TPSA) is 106 Å². The number of ether oxygens (including phenoxy) is 3. The van der Waals surface area contributed by atoms with Crippen LogP contribution in [0.3, 0.4) is 0 Å². The molecule has 4 rings (SSSR count). The van der Waals surface area contributed by atoms with Crippen molar-refractivity contribution in [3.63, 3.8) is 0 Å². The van der Waals surface area contributed by atoms with Gasteiger partial charge in [0.05, 0.1) is 28.6 Å². The van der Waals surface area contributed by atoms with E-state index in [1.807, 2.05) is 24.3 Å². The third kappa shape index (κ3) is 4.39. The van der Waals surface area contributed by atoms with Gasteiger partial charge >= 0.3 is 0 Å². The number of nitriles is 1. The van der Waals surface area contributed by atoms with Gasteiger partial charge in [-0.3, -0.25) is 5.10 Å². The van der Waals surface area contributed by atoms with Gasteiger partial charge in [-0.2, -0.15) is 5.26 Å². The number of methoxy groups -OCH3 is 1. The van der Waals surface area contributed by atoms with Gasteiger partial charge in [-0.15, -0.1) is 5.10 Å². The van der Waals surface area contributed by atoms with Crippen LogP contribution in [0, 0.1) is 11.3 Å². The van der Waals surface area contributed by atoms with E-state index in [-0.39, 0.29) is 17.9 Å². The molecule has 2 heterocycles. The van der Waals surface area contributed by atoms with E-state index in [2.05, 4.69) is 37.0 Å². The van der Waals surface area contributed by atoms with Gasteiger partial charge in [0.25, 0.3) is 0 Å². The summed E-state index contributed by atoms with van der Waals surface area (Å²) in [7, 11) is 1.56. The molecule has 0 amide bonds. The van der Waals surface area contributed by atoms with Crippen LogP contribution in [0.5, 0.6) is 17.4 Å². The number of benzene rings is 2. The Labute approximate surface area is 208 Å². The first-order chi connectivity index (χ1) is 16.1. The van der Waals surface area contributed by atoms with Gasteiger partial charge in [-0.05, 0) is 35.4 Å². The summed E-state index contributed by atoms with van der Waals surface area (Å²) in [6.45, 7) is 6.46. The molecule has 0 spiro atoms. The molecule has 0 saturated heterocycles. The molecular formula is C25H24Cl2N4O3. The molecule has 0 fully saturated rings. The first-order valence-electron chi connectivity index (χ1n) is 10.5. The molecular weight excluding hydrogens is 475 g/mol. The fraction of sp³-hybridized carbons (Fsp3) is 0.280. The summed E-state index contributed by atoms with van der Waals surface area (Å²) in [4.78, 5) is 0. The molecule has 2 aromatic carbocycles. The smallest absolute Gasteiger partial charge is 0.244 e. The molecule has 0 bridgehead atoms. The van der Waals surface area contributed by atoms with E-state index in [4.69, 9.17) is 43.1 Å². The molecule has 3 N–H and O–H groups in total. The summed E-state index contributed by atoms with van der Waals surface area (Å²) in [6.07, 6.45) is 0. The second-order valence-electron chi connectivity index (χ2n) is 8.94. The van der Waals surface area contributed by atoms with Crippen molar-refractivity contribution in [3.05, 3.63) is 80.3 Å². The molecule has 0 saturated carbocycles. The van der Waals surface area contributed by atoms with Crippen LogP contribution >= 0.6 is 23.2 Å². The number of allylic oxidation sites excluding steroid dienone is 1. The van der Waals surface area contributed by atoms with Crippen LogP contribution in [0.25, 0.3) is 0 Å². The van der Waals surface area contributed by atoms with Gasteiger partial charge in [0.15, 0.2) is 11.5 Å². The third-order valence-electron chi connectivity index (χ3n) is 5.59. The second-order valence-corrected chi connectivity index (χ2v) is 9.75. The van der Waals surface area contributed by atoms with E-state index in [1.54, 1.807) is 19.2 Å². The average Bonchev–Trinajstić information content (AvgIpc) is 3.22. The Morgan fingerprint density at radius 1 is 1.15 bits per heavy atom. The van der Waals surface area contributed by atoms with Crippen molar-refractivity contribution in [2.24, 2.45) is 5.73 Å². The lowest BCUT2D eigenvalue weighted by Crippen LogP contribution is -2.24. The number of nitrogens with one attached hydrogen (secondary N) is 1. The largest absolute Gasteiger partial charge is 0.493 e. The van der Waals surface area contributed by atoms with Gasteiger partial charge in [0, 0.05) is 11.1 Å². The minimum Gasteiger partial charge on any atom is -0.493 e. The predicted octanol–water partition coefficient (Wildman–Crippen LogP) is 5.82. The summed E-state index contributed by atoms with van der Waals surface area (Å²) in [5.74, 6) is 0.988. The third-order valence-corrected chi connectivity index (χ3v) is 6.33. The molecule has 0 unspecified atom stereocenters. The number of fused-ring (bicyclic) bond motifs is 1. The summed E-state index contributed by atoms with van der Waals surface area (Å²) in [5.41, 5.74) is 9.46. The molecule has 1 aliphatic rings. The number of nitrogens with two attached hydrogens (primary N) is 1. The maximum absolute atomic E-state index is 9.91. The highest BCUT2D eigenvalue weighted by Crippen LogP contribution is 2.47. The van der Waals surface area contributed by atoms with E-state index >= 15 is 0 Å². The summed E-state index contributed by atoms with van der Waals surface area (Å²) < 4.78 is 17.3. The van der Waals surface area contributed by atoms with Gasteiger partial charge in [0.1, 0.15) is 18.2 Å². The summed E-state index contributed by atoms with van der Waals surface area (Å²) >= 11 is 12.1. The van der Waals surface area contributed by atoms with Crippen LogP contribution < -0.4 is 19.9 Å². The van der Waals surface area contributed by atoms with Crippen molar-refractivity contribution < 1.29 is 14.2 Å². The van der Waals surface area contributed by atoms with Crippen molar-refractivity contribution in [1.29, 1.82) is 5.26 Å². The lowest BCUT2D eigenvalue weighted by atomic mass is 9.79. The molecule has 1 aliphatic heterocycles. The first kappa shape index (κ1) is 23.8. The summed E-state index contributed by atoms with van der Waals surface area (Å²) in [5, 5.41) is 18.2. The lowest BCUT2D eigenvalue weighted by molar-refractivity contribution is 0.284. The minimum absolute atomic E-state index is 0.0332. The van der Waals surface area contributed by atoms with E-state index < -0.39 is 5.92 Å². The van der Waals surface area contributed by atoms with Crippen LogP contribution in [0.15, 0.2) is 47.9 Å². The maximum Gasteiger partial charge on any atom is 0.244 e. The fourth-order valence-electron chi connectivity index (χ4n) is 3.92. The molecule has 0 aliphatic carbocycles. The number of nitrogens with zero attached hydrogens (tertiary/aromatic N) is 2. The number of halogens is 2. The fourth-order valence-corrected chi connectivity index (χ4v) is 4.24. The van der Waals surface area contributed by atoms with Gasteiger partial charge in [-0.25, -0.2) is 0 Å². The minimum atomic E-state index is -0.472. The summed E-state index contributed by atoms with van der Waals surface area (Å²) in [6, 6.07) is 13.1. The van der Waals surface area contributed by atoms with Crippen molar-refractivity contribution >= 4 is 23.2 Å². The number of aromatic amines is 1. The van der Waals surface area contributed by atoms with E-state index in [0.29, 0.717) is 33.0 Å². The van der Waals surface area contributed by atoms with Gasteiger partial charge < -0.3 is 19.9 Å². The number of hydrogen-bond acceptors (Lipinski definition) is 6. The van der Waals surface area contributed by atoms with Gasteiger partial charge in [0.2, 0.25) is 11.8 Å². The highest BCUT2D eigenvalue weighted by molar-refractivity contribution is 6.42. The van der Waals surface area contributed by atoms with E-state index in [0.717, 1.165) is 22.4 Å². The van der Waals surface area contributed by atoms with Crippen LogP contribution in [0.2, 0.25) is 10.0 Å². The molecule has 34 heavy (non-hydrogen) atoms. The molecule has 7 nitrogen and oxygen atoms in total. The van der Waals surface area contributed by atoms with E-state index in [1.165, 1.54) is 0 Å². The Morgan fingerprint density at radius 3 is 2.56 bits per heavy atom. The Balaban J connectivity index is 1.72. The highest BCUT2D eigenvalue weighted by atomic mass is 35.5. The standard InChI is InChI=1S/C25H24Cl2N4O3/c1-25(2,3)22-21-20(15(11-28)23(29)34-24(21)31-30-22)14-6-8-18(19(10-14)32-4)33-12-13-5-7-16(26)17(27)9-13/h5-10,20H,12,29H2,1-4H3,(H,30,31)/t20-/m0/s1. The van der Waals surface area contributed by atoms with Gasteiger partial charge in [-0.1, -0.05) is 56.1 Å². The average molecular weight is 499 g/mol. The lowest BCUT2D eigenvalue weighted by Gasteiger charge is -2.27. The molecule has 1 aromatic heterocycles. The molecule has 3 aromatic rings. The predicted molar refractivity (Wildman–Crippen MR) is 130 cm³/mol. The second kappa shape index (κ2) is 9.13. The van der Waals surface area contributed by atoms with Crippen LogP contribution in [0.1, 0.15) is 49.1 Å². The molecule has 9 heteroatoms. The van der Waals surface area contributed by atoms with Crippen molar-refractivity contribution in [3.8, 4) is 23.4 Å². The Morgan fingerprint density at radius 2 is 1.91 bits per heavy atom. The SMILES string of the molecule is COc1cc([C@H]2C(C#N)=C(N)Oc3n[nH]c(C(C)(C)C)c32)ccc1OCc1ccc(Cl)c(Cl)c1. The highest BCUT2D eigenvalue weighted by Gasteiger charge is 2.38. The zero-order chi connectivity index (χ0) is 24.6. The Hall–Kier alpha value is -3.34.